The zero-order chi connectivity index (χ0) is 28.1. The van der Waals surface area contributed by atoms with Gasteiger partial charge in [0.2, 0.25) is 0 Å². The molecule has 0 unspecified atom stereocenters. The lowest BCUT2D eigenvalue weighted by atomic mass is 9.95. The quantitative estimate of drug-likeness (QED) is 0.386. The van der Waals surface area contributed by atoms with E-state index < -0.39 is 18.2 Å². The van der Waals surface area contributed by atoms with Crippen molar-refractivity contribution in [3.63, 3.8) is 0 Å². The number of aliphatic hydroxyl groups excluding tert-OH is 1. The molecular formula is C32H38N3O5+. The van der Waals surface area contributed by atoms with Crippen molar-refractivity contribution >= 4 is 17.7 Å². The third-order valence-corrected chi connectivity index (χ3v) is 7.97. The fourth-order valence-corrected chi connectivity index (χ4v) is 5.44. The molecule has 2 amide bonds. The molecule has 3 aromatic carbocycles. The number of nitrogens with zero attached hydrogens (tertiary/aromatic N) is 2. The maximum absolute atomic E-state index is 12.9. The number of benzene rings is 3. The lowest BCUT2D eigenvalue weighted by molar-refractivity contribution is -0.896. The molecule has 8 heteroatoms. The van der Waals surface area contributed by atoms with Crippen LogP contribution < -0.4 is 15.0 Å². The normalized spacial score (nSPS) is 20.7. The van der Waals surface area contributed by atoms with Gasteiger partial charge in [-0.2, -0.15) is 0 Å². The van der Waals surface area contributed by atoms with Gasteiger partial charge in [0.1, 0.15) is 18.4 Å². The first-order chi connectivity index (χ1) is 19.3. The highest BCUT2D eigenvalue weighted by Gasteiger charge is 2.43. The highest BCUT2D eigenvalue weighted by atomic mass is 16.6. The second-order valence-corrected chi connectivity index (χ2v) is 11.3. The van der Waals surface area contributed by atoms with Gasteiger partial charge in [-0.3, -0.25) is 9.69 Å². The maximum Gasteiger partial charge on any atom is 0.415 e. The molecule has 5 rings (SSSR count). The van der Waals surface area contributed by atoms with Gasteiger partial charge in [0.15, 0.2) is 6.10 Å². The van der Waals surface area contributed by atoms with E-state index in [4.69, 9.17) is 9.47 Å². The van der Waals surface area contributed by atoms with Crippen LogP contribution in [0.2, 0.25) is 0 Å². The van der Waals surface area contributed by atoms with Crippen LogP contribution in [0.25, 0.3) is 0 Å². The van der Waals surface area contributed by atoms with E-state index in [1.807, 2.05) is 54.6 Å². The van der Waals surface area contributed by atoms with Crippen LogP contribution in [0.1, 0.15) is 40.4 Å². The van der Waals surface area contributed by atoms with Gasteiger partial charge in [0, 0.05) is 30.6 Å². The molecular weight excluding hydrogens is 506 g/mol. The largest absolute Gasteiger partial charge is 0.489 e. The van der Waals surface area contributed by atoms with E-state index in [1.54, 1.807) is 24.3 Å². The van der Waals surface area contributed by atoms with Gasteiger partial charge in [0.25, 0.3) is 5.91 Å². The smallest absolute Gasteiger partial charge is 0.415 e. The van der Waals surface area contributed by atoms with Crippen LogP contribution in [0.3, 0.4) is 0 Å². The number of hydrogen-bond acceptors (Lipinski definition) is 5. The molecule has 2 saturated heterocycles. The first-order valence-corrected chi connectivity index (χ1v) is 13.9. The molecule has 0 spiro atoms. The minimum Gasteiger partial charge on any atom is -0.489 e. The number of aliphatic hydroxyl groups is 1. The molecule has 2 fully saturated rings. The van der Waals surface area contributed by atoms with Crippen LogP contribution in [0.15, 0.2) is 78.9 Å². The average molecular weight is 545 g/mol. The number of ether oxygens (including phenoxy) is 2. The number of cyclic esters (lactones) is 1. The molecule has 0 saturated carbocycles. The van der Waals surface area contributed by atoms with Crippen molar-refractivity contribution in [2.24, 2.45) is 5.92 Å². The van der Waals surface area contributed by atoms with Crippen molar-refractivity contribution in [1.82, 2.24) is 5.32 Å². The fourth-order valence-electron chi connectivity index (χ4n) is 5.44. The summed E-state index contributed by atoms with van der Waals surface area (Å²) in [5.41, 5.74) is 3.02. The van der Waals surface area contributed by atoms with E-state index in [0.717, 1.165) is 41.5 Å². The Kier molecular flexibility index (Phi) is 8.38. The maximum atomic E-state index is 12.9. The Hall–Kier alpha value is -3.88. The highest BCUT2D eigenvalue weighted by molar-refractivity contribution is 5.96. The minimum absolute atomic E-state index is 0.120. The number of amides is 2. The molecule has 8 nitrogen and oxygen atoms in total. The van der Waals surface area contributed by atoms with E-state index in [9.17, 15) is 14.7 Å². The molecule has 2 atom stereocenters. The van der Waals surface area contributed by atoms with Crippen molar-refractivity contribution in [2.45, 2.75) is 31.6 Å². The van der Waals surface area contributed by atoms with Crippen LogP contribution in [0.5, 0.6) is 5.75 Å². The van der Waals surface area contributed by atoms with Crippen LogP contribution in [0.4, 0.5) is 10.5 Å². The monoisotopic (exact) mass is 544 g/mol. The van der Waals surface area contributed by atoms with Gasteiger partial charge in [0.05, 0.1) is 33.8 Å². The lowest BCUT2D eigenvalue weighted by Crippen LogP contribution is -2.47. The number of rotatable bonds is 9. The summed E-state index contributed by atoms with van der Waals surface area (Å²) in [6.45, 7) is 3.07. The number of carbonyl (C=O) groups is 2. The summed E-state index contributed by atoms with van der Waals surface area (Å²) in [5.74, 6) is 1.09. The Morgan fingerprint density at radius 3 is 2.33 bits per heavy atom. The first-order valence-electron chi connectivity index (χ1n) is 13.9. The van der Waals surface area contributed by atoms with Crippen molar-refractivity contribution in [3.05, 3.63) is 95.6 Å². The molecule has 2 aliphatic rings. The molecule has 2 aliphatic heterocycles. The number of carbonyl (C=O) groups excluding carboxylic acids is 2. The number of likely N-dealkylation sites (tertiary alicyclic amines) is 1. The second kappa shape index (κ2) is 12.1. The number of anilines is 1. The van der Waals surface area contributed by atoms with Crippen LogP contribution in [0, 0.1) is 5.92 Å². The Balaban J connectivity index is 1.24. The summed E-state index contributed by atoms with van der Waals surface area (Å²) in [6.07, 6.45) is 0.961. The summed E-state index contributed by atoms with van der Waals surface area (Å²) >= 11 is 0. The molecule has 0 bridgehead atoms. The van der Waals surface area contributed by atoms with Crippen molar-refractivity contribution < 1.29 is 28.7 Å². The third kappa shape index (κ3) is 6.46. The average Bonchev–Trinajstić information content (AvgIpc) is 3.32. The lowest BCUT2D eigenvalue weighted by Gasteiger charge is -2.37. The van der Waals surface area contributed by atoms with E-state index >= 15 is 0 Å². The number of piperidine rings is 1. The number of quaternary nitrogens is 1. The molecule has 0 aromatic heterocycles. The number of nitrogens with one attached hydrogen (secondary N) is 1. The summed E-state index contributed by atoms with van der Waals surface area (Å²) in [4.78, 5) is 27.2. The van der Waals surface area contributed by atoms with Crippen LogP contribution in [-0.4, -0.2) is 68.0 Å². The van der Waals surface area contributed by atoms with Crippen molar-refractivity contribution in [3.8, 4) is 5.75 Å². The molecule has 0 aliphatic carbocycles. The van der Waals surface area contributed by atoms with E-state index in [0.29, 0.717) is 36.1 Å². The molecule has 40 heavy (non-hydrogen) atoms. The fraction of sp³-hybridized carbons (Fsp3) is 0.375. The van der Waals surface area contributed by atoms with Gasteiger partial charge in [-0.1, -0.05) is 42.5 Å². The predicted molar refractivity (Wildman–Crippen MR) is 153 cm³/mol. The number of hydrogen-bond donors (Lipinski definition) is 2. The van der Waals surface area contributed by atoms with Gasteiger partial charge in [-0.25, -0.2) is 4.79 Å². The standard InChI is InChI=1S/C32H37N3O5/c1-35(2)18-16-23(17-19-35)20-33-31(37)26-8-12-27(13-9-26)34-30(29(21-36)40-32(34)38)25-10-14-28(15-11-25)39-22-24-6-4-3-5-7-24/h3-15,23,29-30,36H,16-22H2,1-2H3/p+1/t29-,30-/m1/s1. The topological polar surface area (TPSA) is 88.1 Å². The van der Waals surface area contributed by atoms with Crippen molar-refractivity contribution in [2.75, 3.05) is 45.2 Å². The molecule has 2 heterocycles. The molecule has 0 radical (unpaired) electrons. The Morgan fingerprint density at radius 2 is 1.68 bits per heavy atom. The molecule has 2 N–H and O–H groups in total. The van der Waals surface area contributed by atoms with E-state index in [1.165, 1.54) is 4.90 Å². The molecule has 3 aromatic rings. The summed E-state index contributed by atoms with van der Waals surface area (Å²) in [7, 11) is 4.49. The second-order valence-electron chi connectivity index (χ2n) is 11.3. The summed E-state index contributed by atoms with van der Waals surface area (Å²) < 4.78 is 12.4. The summed E-state index contributed by atoms with van der Waals surface area (Å²) in [5, 5.41) is 13.0. The zero-order valence-electron chi connectivity index (χ0n) is 23.2. The Bertz CT molecular complexity index is 1280. The third-order valence-electron chi connectivity index (χ3n) is 7.97. The van der Waals surface area contributed by atoms with Crippen molar-refractivity contribution in [1.29, 1.82) is 0 Å². The molecule has 210 valence electrons. The predicted octanol–water partition coefficient (Wildman–Crippen LogP) is 4.54. The van der Waals surface area contributed by atoms with E-state index in [-0.39, 0.29) is 12.5 Å². The first kappa shape index (κ1) is 27.7. The van der Waals surface area contributed by atoms with E-state index in [2.05, 4.69) is 19.4 Å². The Labute approximate surface area is 235 Å². The highest BCUT2D eigenvalue weighted by Crippen LogP contribution is 2.38. The summed E-state index contributed by atoms with van der Waals surface area (Å²) in [6, 6.07) is 23.8. The van der Waals surface area contributed by atoms with Gasteiger partial charge in [-0.05, 0) is 53.4 Å². The van der Waals surface area contributed by atoms with Gasteiger partial charge < -0.3 is 24.4 Å². The van der Waals surface area contributed by atoms with Crippen LogP contribution in [-0.2, 0) is 11.3 Å². The zero-order valence-corrected chi connectivity index (χ0v) is 23.2. The SMILES string of the molecule is C[N+]1(C)CCC(CNC(=O)c2ccc(N3C(=O)O[C@H](CO)[C@H]3c3ccc(OCc4ccccc4)cc3)cc2)CC1. The Morgan fingerprint density at radius 1 is 1.00 bits per heavy atom. The minimum atomic E-state index is -0.717. The van der Waals surface area contributed by atoms with Gasteiger partial charge >= 0.3 is 6.09 Å². The van der Waals surface area contributed by atoms with Crippen LogP contribution >= 0.6 is 0 Å². The van der Waals surface area contributed by atoms with Gasteiger partial charge in [-0.15, -0.1) is 0 Å².